The number of halogens is 2. The second-order valence-electron chi connectivity index (χ2n) is 6.90. The molecule has 5 nitrogen and oxygen atoms in total. The van der Waals surface area contributed by atoms with Crippen LogP contribution in [0.1, 0.15) is 16.7 Å². The lowest BCUT2D eigenvalue weighted by molar-refractivity contribution is -0.137. The number of benzene rings is 2. The van der Waals surface area contributed by atoms with Crippen molar-refractivity contribution in [1.82, 2.24) is 9.88 Å². The summed E-state index contributed by atoms with van der Waals surface area (Å²) in [5.74, 6) is -0.790. The van der Waals surface area contributed by atoms with Crippen molar-refractivity contribution in [2.24, 2.45) is 0 Å². The maximum atomic E-state index is 13.3. The number of aromatic nitrogens is 1. The van der Waals surface area contributed by atoms with E-state index >= 15 is 0 Å². The standard InChI is InChI=1S/C23H17Cl2N3O2/c1-14-4-7-18(25)11-19(14)27-21-20(16-5-8-17(24)9-6-16)22(29)28(23(21)30)13-15-3-2-10-26-12-15/h2-12,27H,13H2,1H3. The van der Waals surface area contributed by atoms with Gasteiger partial charge in [-0.2, -0.15) is 0 Å². The van der Waals surface area contributed by atoms with Crippen LogP contribution in [0.3, 0.4) is 0 Å². The van der Waals surface area contributed by atoms with Crippen LogP contribution in [0.2, 0.25) is 10.0 Å². The highest BCUT2D eigenvalue weighted by Crippen LogP contribution is 2.33. The van der Waals surface area contributed by atoms with Crippen molar-refractivity contribution in [3.63, 3.8) is 0 Å². The summed E-state index contributed by atoms with van der Waals surface area (Å²) < 4.78 is 0. The average molecular weight is 438 g/mol. The minimum atomic E-state index is -0.409. The van der Waals surface area contributed by atoms with E-state index in [1.54, 1.807) is 54.9 Å². The van der Waals surface area contributed by atoms with Gasteiger partial charge in [0.2, 0.25) is 0 Å². The van der Waals surface area contributed by atoms with Gasteiger partial charge in [-0.15, -0.1) is 0 Å². The molecule has 1 aliphatic heterocycles. The van der Waals surface area contributed by atoms with Crippen LogP contribution in [0.4, 0.5) is 5.69 Å². The van der Waals surface area contributed by atoms with Gasteiger partial charge in [0.1, 0.15) is 5.70 Å². The lowest BCUT2D eigenvalue weighted by Crippen LogP contribution is -2.32. The topological polar surface area (TPSA) is 62.3 Å². The molecule has 1 N–H and O–H groups in total. The minimum absolute atomic E-state index is 0.127. The number of imide groups is 1. The Balaban J connectivity index is 1.77. The Morgan fingerprint density at radius 1 is 0.967 bits per heavy atom. The third kappa shape index (κ3) is 3.95. The molecule has 1 aromatic heterocycles. The van der Waals surface area contributed by atoms with Crippen molar-refractivity contribution in [3.8, 4) is 0 Å². The Kier molecular flexibility index (Phi) is 5.57. The maximum Gasteiger partial charge on any atom is 0.278 e. The summed E-state index contributed by atoms with van der Waals surface area (Å²) in [5.41, 5.74) is 3.42. The molecule has 7 heteroatoms. The van der Waals surface area contributed by atoms with Gasteiger partial charge in [-0.25, -0.2) is 0 Å². The van der Waals surface area contributed by atoms with E-state index in [1.807, 2.05) is 19.1 Å². The van der Waals surface area contributed by atoms with Gasteiger partial charge in [0, 0.05) is 28.1 Å². The molecule has 0 spiro atoms. The number of amides is 2. The minimum Gasteiger partial charge on any atom is -0.350 e. The van der Waals surface area contributed by atoms with Gasteiger partial charge >= 0.3 is 0 Å². The van der Waals surface area contributed by atoms with Crippen LogP contribution in [0, 0.1) is 6.92 Å². The number of anilines is 1. The Morgan fingerprint density at radius 2 is 1.70 bits per heavy atom. The molecule has 3 aromatic rings. The van der Waals surface area contributed by atoms with Gasteiger partial charge in [-0.1, -0.05) is 47.5 Å². The quantitative estimate of drug-likeness (QED) is 0.564. The molecule has 0 fully saturated rings. The molecule has 0 saturated carbocycles. The van der Waals surface area contributed by atoms with E-state index in [0.717, 1.165) is 11.1 Å². The zero-order chi connectivity index (χ0) is 21.3. The summed E-state index contributed by atoms with van der Waals surface area (Å²) >= 11 is 12.1. The highest BCUT2D eigenvalue weighted by Gasteiger charge is 2.39. The number of hydrogen-bond donors (Lipinski definition) is 1. The van der Waals surface area contributed by atoms with Crippen LogP contribution in [0.15, 0.2) is 72.7 Å². The highest BCUT2D eigenvalue weighted by molar-refractivity contribution is 6.37. The lowest BCUT2D eigenvalue weighted by Gasteiger charge is -2.15. The van der Waals surface area contributed by atoms with Gasteiger partial charge in [0.25, 0.3) is 11.8 Å². The largest absolute Gasteiger partial charge is 0.350 e. The third-order valence-electron chi connectivity index (χ3n) is 4.82. The second kappa shape index (κ2) is 8.30. The first-order valence-electron chi connectivity index (χ1n) is 9.22. The van der Waals surface area contributed by atoms with Crippen LogP contribution >= 0.6 is 23.2 Å². The predicted molar refractivity (Wildman–Crippen MR) is 118 cm³/mol. The normalized spacial score (nSPS) is 13.9. The number of nitrogens with zero attached hydrogens (tertiary/aromatic N) is 2. The molecule has 30 heavy (non-hydrogen) atoms. The zero-order valence-corrected chi connectivity index (χ0v) is 17.5. The van der Waals surface area contributed by atoms with Crippen molar-refractivity contribution < 1.29 is 9.59 Å². The van der Waals surface area contributed by atoms with Crippen molar-refractivity contribution >= 4 is 46.3 Å². The first kappa shape index (κ1) is 20.1. The van der Waals surface area contributed by atoms with Crippen LogP contribution in [0.5, 0.6) is 0 Å². The fourth-order valence-electron chi connectivity index (χ4n) is 3.26. The molecule has 2 heterocycles. The van der Waals surface area contributed by atoms with Gasteiger partial charge < -0.3 is 5.32 Å². The molecule has 2 aromatic carbocycles. The highest BCUT2D eigenvalue weighted by atomic mass is 35.5. The number of nitrogens with one attached hydrogen (secondary N) is 1. The molecule has 0 bridgehead atoms. The summed E-state index contributed by atoms with van der Waals surface area (Å²) in [7, 11) is 0. The first-order chi connectivity index (χ1) is 14.4. The van der Waals surface area contributed by atoms with Crippen molar-refractivity contribution in [2.75, 3.05) is 5.32 Å². The number of carbonyl (C=O) groups is 2. The Bertz CT molecular complexity index is 1160. The second-order valence-corrected chi connectivity index (χ2v) is 7.77. The number of aryl methyl sites for hydroxylation is 1. The number of rotatable bonds is 5. The lowest BCUT2D eigenvalue weighted by atomic mass is 10.0. The maximum absolute atomic E-state index is 13.3. The number of pyridine rings is 1. The number of carbonyl (C=O) groups excluding carboxylic acids is 2. The molecule has 0 aliphatic carbocycles. The van der Waals surface area contributed by atoms with E-state index in [0.29, 0.717) is 26.9 Å². The van der Waals surface area contributed by atoms with E-state index in [9.17, 15) is 9.59 Å². The third-order valence-corrected chi connectivity index (χ3v) is 5.31. The van der Waals surface area contributed by atoms with Gasteiger partial charge in [0.15, 0.2) is 0 Å². The summed E-state index contributed by atoms with van der Waals surface area (Å²) in [6, 6.07) is 15.8. The molecular weight excluding hydrogens is 421 g/mol. The van der Waals surface area contributed by atoms with Crippen LogP contribution < -0.4 is 5.32 Å². The molecule has 0 saturated heterocycles. The van der Waals surface area contributed by atoms with Gasteiger partial charge in [-0.3, -0.25) is 19.5 Å². The molecule has 0 radical (unpaired) electrons. The van der Waals surface area contributed by atoms with E-state index in [-0.39, 0.29) is 18.1 Å². The molecule has 1 aliphatic rings. The molecule has 4 rings (SSSR count). The van der Waals surface area contributed by atoms with Crippen LogP contribution in [-0.2, 0) is 16.1 Å². The van der Waals surface area contributed by atoms with E-state index in [4.69, 9.17) is 23.2 Å². The predicted octanol–water partition coefficient (Wildman–Crippen LogP) is 5.09. The first-order valence-corrected chi connectivity index (χ1v) is 9.98. The van der Waals surface area contributed by atoms with Crippen LogP contribution in [-0.4, -0.2) is 21.7 Å². The number of hydrogen-bond acceptors (Lipinski definition) is 4. The Labute approximate surface area is 183 Å². The van der Waals surface area contributed by atoms with Crippen molar-refractivity contribution in [3.05, 3.63) is 99.4 Å². The van der Waals surface area contributed by atoms with Gasteiger partial charge in [0.05, 0.1) is 12.1 Å². The molecule has 2 amide bonds. The van der Waals surface area contributed by atoms with Crippen molar-refractivity contribution in [1.29, 1.82) is 0 Å². The molecule has 0 atom stereocenters. The summed E-state index contributed by atoms with van der Waals surface area (Å²) in [5, 5.41) is 4.22. The summed E-state index contributed by atoms with van der Waals surface area (Å²) in [6.45, 7) is 2.03. The van der Waals surface area contributed by atoms with E-state index < -0.39 is 5.91 Å². The van der Waals surface area contributed by atoms with Gasteiger partial charge in [-0.05, 0) is 53.9 Å². The fraction of sp³-hybridized carbons (Fsp3) is 0.0870. The monoisotopic (exact) mass is 437 g/mol. The van der Waals surface area contributed by atoms with E-state index in [2.05, 4.69) is 10.3 Å². The Morgan fingerprint density at radius 3 is 2.40 bits per heavy atom. The Hall–Kier alpha value is -3.15. The van der Waals surface area contributed by atoms with Crippen molar-refractivity contribution in [2.45, 2.75) is 13.5 Å². The summed E-state index contributed by atoms with van der Waals surface area (Å²) in [4.78, 5) is 31.8. The zero-order valence-electron chi connectivity index (χ0n) is 16.0. The van der Waals surface area contributed by atoms with E-state index in [1.165, 1.54) is 4.90 Å². The molecule has 0 unspecified atom stereocenters. The smallest absolute Gasteiger partial charge is 0.278 e. The van der Waals surface area contributed by atoms with Crippen LogP contribution in [0.25, 0.3) is 5.57 Å². The molecular formula is C23H17Cl2N3O2. The average Bonchev–Trinajstić information content (AvgIpc) is 2.96. The SMILES string of the molecule is Cc1ccc(Cl)cc1NC1=C(c2ccc(Cl)cc2)C(=O)N(Cc2cccnc2)C1=O. The summed E-state index contributed by atoms with van der Waals surface area (Å²) in [6.07, 6.45) is 3.28. The molecule has 150 valence electrons. The fourth-order valence-corrected chi connectivity index (χ4v) is 3.56.